The van der Waals surface area contributed by atoms with Crippen LogP contribution in [-0.4, -0.2) is 47.2 Å². The largest absolute Gasteiger partial charge is 0.502 e. The van der Waals surface area contributed by atoms with Crippen LogP contribution in [0, 0.1) is 48.2 Å². The van der Waals surface area contributed by atoms with E-state index in [9.17, 15) is 4.79 Å². The molecule has 5 rings (SSSR count). The van der Waals surface area contributed by atoms with Crippen molar-refractivity contribution in [2.45, 2.75) is 73.8 Å². The molecule has 2 saturated heterocycles. The van der Waals surface area contributed by atoms with Crippen LogP contribution >= 0.6 is 19.4 Å². The molecule has 2 aliphatic rings. The smallest absolute Gasteiger partial charge is 0.0146 e. The first-order chi connectivity index (χ1) is 20.8. The molecular formula is C36H46Cl2N3O2Ru-. The number of halogens is 2. The molecule has 0 aromatic heterocycles. The molecule has 0 unspecified atom stereocenters. The third-order valence-corrected chi connectivity index (χ3v) is 9.92. The fourth-order valence-corrected chi connectivity index (χ4v) is 8.26. The molecular weight excluding hydrogens is 678 g/mol. The average Bonchev–Trinajstić information content (AvgIpc) is 3.61. The molecule has 2 fully saturated rings. The number of benzene rings is 3. The summed E-state index contributed by atoms with van der Waals surface area (Å²) in [6, 6.07) is 16.6. The topological polar surface area (TPSA) is 36.0 Å². The molecule has 44 heavy (non-hydrogen) atoms. The minimum Gasteiger partial charge on any atom is -0.502 e. The first-order valence-electron chi connectivity index (χ1n) is 15.2. The second-order valence-electron chi connectivity index (χ2n) is 12.5. The number of hydrogen-bond acceptors (Lipinski definition) is 4. The van der Waals surface area contributed by atoms with Crippen LogP contribution < -0.4 is 14.5 Å². The Morgan fingerprint density at radius 1 is 0.795 bits per heavy atom. The van der Waals surface area contributed by atoms with E-state index < -0.39 is 19.1 Å². The molecule has 0 spiro atoms. The van der Waals surface area contributed by atoms with Gasteiger partial charge in [-0.1, -0.05) is 35.4 Å². The van der Waals surface area contributed by atoms with Gasteiger partial charge < -0.3 is 9.80 Å². The summed E-state index contributed by atoms with van der Waals surface area (Å²) in [7, 11) is 11.9. The van der Waals surface area contributed by atoms with Crippen molar-refractivity contribution < 1.29 is 23.0 Å². The SMILES string of the molecule is CC(C)(Oc1ccccc1[CH]=[Ru]([Cl])[Cl])C(=O)N1CCCC1.Cc1cc(C)c(N2[CH-]N(c3c(C)cc(C)cc3C)CC2)c(C)c1. The Morgan fingerprint density at radius 2 is 1.25 bits per heavy atom. The maximum atomic E-state index is 12.6. The van der Waals surface area contributed by atoms with Gasteiger partial charge in [-0.25, -0.2) is 0 Å². The van der Waals surface area contributed by atoms with E-state index in [0.717, 1.165) is 44.6 Å². The van der Waals surface area contributed by atoms with Crippen LogP contribution in [-0.2, 0) is 18.3 Å². The summed E-state index contributed by atoms with van der Waals surface area (Å²) in [6.07, 6.45) is 2.14. The third-order valence-electron chi connectivity index (χ3n) is 8.09. The number of rotatable bonds is 6. The number of hydrogen-bond donors (Lipinski definition) is 0. The van der Waals surface area contributed by atoms with E-state index in [4.69, 9.17) is 24.1 Å². The van der Waals surface area contributed by atoms with Crippen molar-refractivity contribution in [1.82, 2.24) is 4.90 Å². The predicted molar refractivity (Wildman–Crippen MR) is 184 cm³/mol. The van der Waals surface area contributed by atoms with E-state index in [1.165, 1.54) is 44.8 Å². The number of ether oxygens (including phenoxy) is 1. The summed E-state index contributed by atoms with van der Waals surface area (Å²) in [5.74, 6) is 0.677. The summed E-state index contributed by atoms with van der Waals surface area (Å²) in [4.78, 5) is 19.2. The number of anilines is 2. The van der Waals surface area contributed by atoms with Gasteiger partial charge in [-0.15, -0.1) is 0 Å². The van der Waals surface area contributed by atoms with Crippen LogP contribution in [0.3, 0.4) is 0 Å². The van der Waals surface area contributed by atoms with Gasteiger partial charge in [-0.3, -0.25) is 0 Å². The summed E-state index contributed by atoms with van der Waals surface area (Å²) >= 11 is -1.94. The Morgan fingerprint density at radius 3 is 1.70 bits per heavy atom. The van der Waals surface area contributed by atoms with E-state index in [2.05, 4.69) is 82.3 Å². The molecule has 2 aliphatic heterocycles. The molecule has 0 aliphatic carbocycles. The molecule has 0 saturated carbocycles. The standard InChI is InChI=1S/C21H27N2.C15H19NO2.2ClH.Ru/c1-14-9-16(3)20(17(4)10-14)22-7-8-23(13-22)21-18(5)11-15(2)12-19(21)6;1-12-8-4-5-9-13(12)18-15(2,3)14(17)16-10-6-7-11-16;;;/h9-13H,7-8H2,1-6H3;1,4-5,8-9H,6-7,10-11H2,2-3H3;2*1H;/q-1;;;;+2/p-2. The van der Waals surface area contributed by atoms with Gasteiger partial charge in [-0.05, 0) is 63.8 Å². The van der Waals surface area contributed by atoms with Crippen LogP contribution in [0.1, 0.15) is 65.6 Å². The number of carbonyl (C=O) groups is 1. The van der Waals surface area contributed by atoms with Crippen LogP contribution in [0.25, 0.3) is 0 Å². The zero-order chi connectivity index (χ0) is 32.2. The number of likely N-dealkylation sites (tertiary alicyclic amines) is 1. The fourth-order valence-electron chi connectivity index (χ4n) is 6.45. The van der Waals surface area contributed by atoms with Gasteiger partial charge in [-0.2, -0.15) is 6.67 Å². The van der Waals surface area contributed by atoms with Crippen molar-refractivity contribution in [1.29, 1.82) is 0 Å². The van der Waals surface area contributed by atoms with Gasteiger partial charge in [0, 0.05) is 24.5 Å². The molecule has 5 nitrogen and oxygen atoms in total. The first-order valence-corrected chi connectivity index (χ1v) is 20.7. The Balaban J connectivity index is 0.000000202. The first kappa shape index (κ1) is 34.5. The zero-order valence-corrected chi connectivity index (χ0v) is 30.5. The molecule has 3 aromatic carbocycles. The number of nitrogens with zero attached hydrogens (tertiary/aromatic N) is 3. The van der Waals surface area contributed by atoms with E-state index in [1.54, 1.807) is 13.8 Å². The van der Waals surface area contributed by atoms with E-state index >= 15 is 0 Å². The minimum atomic E-state index is -1.94. The predicted octanol–water partition coefficient (Wildman–Crippen LogP) is 8.53. The zero-order valence-electron chi connectivity index (χ0n) is 27.3. The van der Waals surface area contributed by atoms with Crippen LogP contribution in [0.15, 0.2) is 48.5 Å². The minimum absolute atomic E-state index is 0.0285. The molecule has 1 amide bonds. The summed E-state index contributed by atoms with van der Waals surface area (Å²) in [5.41, 5.74) is 10.8. The monoisotopic (exact) mass is 724 g/mol. The summed E-state index contributed by atoms with van der Waals surface area (Å²) in [6.45, 7) is 22.8. The van der Waals surface area contributed by atoms with Crippen molar-refractivity contribution in [3.8, 4) is 5.75 Å². The summed E-state index contributed by atoms with van der Waals surface area (Å²) < 4.78 is 7.82. The second kappa shape index (κ2) is 14.8. The van der Waals surface area contributed by atoms with Crippen LogP contribution in [0.2, 0.25) is 0 Å². The Hall–Kier alpha value is -2.40. The van der Waals surface area contributed by atoms with Crippen molar-refractivity contribution in [3.05, 3.63) is 94.1 Å². The van der Waals surface area contributed by atoms with Gasteiger partial charge >= 0.3 is 139 Å². The molecule has 0 atom stereocenters. The van der Waals surface area contributed by atoms with E-state index in [-0.39, 0.29) is 5.91 Å². The summed E-state index contributed by atoms with van der Waals surface area (Å²) in [5, 5.41) is 0. The maximum Gasteiger partial charge on any atom is 0.0146 e. The molecule has 0 N–H and O–H groups in total. The molecule has 2 heterocycles. The van der Waals surface area contributed by atoms with Gasteiger partial charge in [0.15, 0.2) is 0 Å². The fraction of sp³-hybridized carbons (Fsp3) is 0.417. The Labute approximate surface area is 277 Å². The normalized spacial score (nSPS) is 15.2. The molecule has 0 radical (unpaired) electrons. The number of aryl methyl sites for hydroxylation is 6. The Kier molecular flexibility index (Phi) is 11.6. The maximum absolute atomic E-state index is 12.6. The number of amides is 1. The molecule has 0 bridgehead atoms. The number of para-hydroxylation sites is 1. The van der Waals surface area contributed by atoms with Gasteiger partial charge in [0.2, 0.25) is 0 Å². The quantitative estimate of drug-likeness (QED) is 0.189. The van der Waals surface area contributed by atoms with E-state index in [0.29, 0.717) is 5.75 Å². The second-order valence-corrected chi connectivity index (χ2v) is 18.2. The molecule has 3 aromatic rings. The number of carbonyl (C=O) groups excluding carboxylic acids is 1. The molecule has 8 heteroatoms. The van der Waals surface area contributed by atoms with Gasteiger partial charge in [0.1, 0.15) is 0 Å². The van der Waals surface area contributed by atoms with E-state index in [1.807, 2.05) is 33.8 Å². The van der Waals surface area contributed by atoms with Crippen molar-refractivity contribution >= 4 is 41.3 Å². The molecule has 240 valence electrons. The van der Waals surface area contributed by atoms with Crippen LogP contribution in [0.4, 0.5) is 11.4 Å². The van der Waals surface area contributed by atoms with Crippen molar-refractivity contribution in [2.75, 3.05) is 36.0 Å². The van der Waals surface area contributed by atoms with Crippen molar-refractivity contribution in [2.24, 2.45) is 0 Å². The Bertz CT molecular complexity index is 1420. The average molecular weight is 725 g/mol. The van der Waals surface area contributed by atoms with Crippen molar-refractivity contribution in [3.63, 3.8) is 0 Å². The third kappa shape index (κ3) is 8.44. The van der Waals surface area contributed by atoms with Gasteiger partial charge in [0.05, 0.1) is 0 Å². The van der Waals surface area contributed by atoms with Crippen LogP contribution in [0.5, 0.6) is 5.75 Å². The van der Waals surface area contributed by atoms with Gasteiger partial charge in [0.25, 0.3) is 0 Å².